The number of benzene rings is 4. The van der Waals surface area contributed by atoms with E-state index in [9.17, 15) is 14.7 Å². The minimum absolute atomic E-state index is 0. The molecule has 4 aromatic rings. The molecule has 0 fully saturated rings. The van der Waals surface area contributed by atoms with Crippen molar-refractivity contribution in [1.82, 2.24) is 5.32 Å². The Bertz CT molecular complexity index is 1460. The van der Waals surface area contributed by atoms with E-state index < -0.39 is 5.91 Å². The second-order valence-electron chi connectivity index (χ2n) is 8.76. The molecule has 0 saturated heterocycles. The molecule has 2 amide bonds. The molecule has 0 spiro atoms. The van der Waals surface area contributed by atoms with Crippen LogP contribution in [0.5, 0.6) is 17.2 Å². The zero-order valence-corrected chi connectivity index (χ0v) is 23.3. The van der Waals surface area contributed by atoms with Gasteiger partial charge in [-0.3, -0.25) is 9.59 Å². The van der Waals surface area contributed by atoms with Gasteiger partial charge in [-0.2, -0.15) is 0 Å². The van der Waals surface area contributed by atoms with Crippen molar-refractivity contribution in [3.63, 3.8) is 0 Å². The molecule has 4 rings (SSSR count). The lowest BCUT2D eigenvalue weighted by molar-refractivity contribution is 0.0947. The van der Waals surface area contributed by atoms with E-state index in [1.165, 1.54) is 12.1 Å². The van der Waals surface area contributed by atoms with Crippen LogP contribution in [0.4, 0.5) is 5.69 Å². The first kappa shape index (κ1) is 30.6. The van der Waals surface area contributed by atoms with Crippen LogP contribution in [0.2, 0.25) is 5.02 Å². The van der Waals surface area contributed by atoms with E-state index in [0.717, 1.165) is 10.8 Å². The first-order valence-electron chi connectivity index (χ1n) is 12.6. The Morgan fingerprint density at radius 2 is 1.48 bits per heavy atom. The Morgan fingerprint density at radius 1 is 0.800 bits per heavy atom. The fourth-order valence-electron chi connectivity index (χ4n) is 3.91. The second kappa shape index (κ2) is 15.0. The van der Waals surface area contributed by atoms with Gasteiger partial charge in [0, 0.05) is 17.6 Å². The van der Waals surface area contributed by atoms with E-state index >= 15 is 0 Å². The van der Waals surface area contributed by atoms with Gasteiger partial charge in [0.15, 0.2) is 0 Å². The van der Waals surface area contributed by atoms with Gasteiger partial charge in [-0.15, -0.1) is 12.4 Å². The monoisotopic (exact) mass is 583 g/mol. The SMILES string of the molecule is Cl.NCCCOc1ccccc1C(=O)NCCCOc1cc2ccccc2cc1C(=O)Nc1ccc(Cl)cc1O. The zero-order chi connectivity index (χ0) is 27.6. The number of phenols is 1. The number of rotatable bonds is 12. The van der Waals surface area contributed by atoms with Gasteiger partial charge in [0.25, 0.3) is 11.8 Å². The van der Waals surface area contributed by atoms with Gasteiger partial charge in [-0.25, -0.2) is 0 Å². The highest BCUT2D eigenvalue weighted by Gasteiger charge is 2.17. The fourth-order valence-corrected chi connectivity index (χ4v) is 4.08. The molecule has 0 aliphatic heterocycles. The summed E-state index contributed by atoms with van der Waals surface area (Å²) in [5.74, 6) is 0.0869. The van der Waals surface area contributed by atoms with Crippen LogP contribution in [0.25, 0.3) is 10.8 Å². The third kappa shape index (κ3) is 8.02. The minimum Gasteiger partial charge on any atom is -0.506 e. The number of hydrogen-bond donors (Lipinski definition) is 4. The molecule has 0 atom stereocenters. The number of nitrogens with one attached hydrogen (secondary N) is 2. The lowest BCUT2D eigenvalue weighted by Gasteiger charge is -2.15. The van der Waals surface area contributed by atoms with Gasteiger partial charge in [0.2, 0.25) is 0 Å². The molecule has 0 aromatic heterocycles. The van der Waals surface area contributed by atoms with Crippen molar-refractivity contribution in [2.75, 3.05) is 31.6 Å². The molecule has 0 saturated carbocycles. The van der Waals surface area contributed by atoms with Crippen LogP contribution in [0.1, 0.15) is 33.6 Å². The van der Waals surface area contributed by atoms with Crippen molar-refractivity contribution in [1.29, 1.82) is 0 Å². The molecule has 0 bridgehead atoms. The molecular formula is C30H31Cl2N3O5. The predicted octanol–water partition coefficient (Wildman–Crippen LogP) is 5.80. The Morgan fingerprint density at radius 3 is 2.23 bits per heavy atom. The molecule has 210 valence electrons. The molecule has 0 aliphatic rings. The lowest BCUT2D eigenvalue weighted by atomic mass is 10.0. The standard InChI is InChI=1S/C30H30ClN3O5.ClH/c31-22-11-12-25(26(35)19-22)34-30(37)24-17-20-7-1-2-8-21(20)18-28(24)39-16-6-14-33-29(36)23-9-3-4-10-27(23)38-15-5-13-32;/h1-4,7-12,17-19,35H,5-6,13-16,32H2,(H,33,36)(H,34,37);1H. The number of carbonyl (C=O) groups is 2. The van der Waals surface area contributed by atoms with Crippen molar-refractivity contribution in [2.24, 2.45) is 5.73 Å². The highest BCUT2D eigenvalue weighted by molar-refractivity contribution is 6.30. The van der Waals surface area contributed by atoms with Crippen molar-refractivity contribution in [3.05, 3.63) is 95.0 Å². The van der Waals surface area contributed by atoms with Crippen LogP contribution in [0, 0.1) is 0 Å². The molecule has 4 aromatic carbocycles. The van der Waals surface area contributed by atoms with E-state index in [0.29, 0.717) is 60.2 Å². The molecule has 40 heavy (non-hydrogen) atoms. The van der Waals surface area contributed by atoms with Gasteiger partial charge in [-0.1, -0.05) is 48.0 Å². The third-order valence-electron chi connectivity index (χ3n) is 5.90. The summed E-state index contributed by atoms with van der Waals surface area (Å²) in [6.07, 6.45) is 1.21. The second-order valence-corrected chi connectivity index (χ2v) is 9.19. The van der Waals surface area contributed by atoms with Crippen LogP contribution in [-0.2, 0) is 0 Å². The van der Waals surface area contributed by atoms with Crippen LogP contribution in [0.15, 0.2) is 78.9 Å². The van der Waals surface area contributed by atoms with E-state index in [4.69, 9.17) is 26.8 Å². The van der Waals surface area contributed by atoms with E-state index in [-0.39, 0.29) is 36.4 Å². The summed E-state index contributed by atoms with van der Waals surface area (Å²) in [5.41, 5.74) is 6.52. The molecule has 10 heteroatoms. The van der Waals surface area contributed by atoms with E-state index in [1.807, 2.05) is 30.3 Å². The van der Waals surface area contributed by atoms with Crippen molar-refractivity contribution in [2.45, 2.75) is 12.8 Å². The van der Waals surface area contributed by atoms with Gasteiger partial charge in [0.05, 0.1) is 30.0 Å². The lowest BCUT2D eigenvalue weighted by Crippen LogP contribution is -2.26. The molecule has 0 heterocycles. The number of para-hydroxylation sites is 1. The van der Waals surface area contributed by atoms with Gasteiger partial charge in [-0.05, 0) is 66.6 Å². The summed E-state index contributed by atoms with van der Waals surface area (Å²) in [6.45, 7) is 1.58. The largest absolute Gasteiger partial charge is 0.506 e. The highest BCUT2D eigenvalue weighted by atomic mass is 35.5. The summed E-state index contributed by atoms with van der Waals surface area (Å²) >= 11 is 5.90. The molecular weight excluding hydrogens is 553 g/mol. The highest BCUT2D eigenvalue weighted by Crippen LogP contribution is 2.30. The molecule has 0 radical (unpaired) electrons. The number of aromatic hydroxyl groups is 1. The van der Waals surface area contributed by atoms with Crippen LogP contribution in [0.3, 0.4) is 0 Å². The van der Waals surface area contributed by atoms with Crippen molar-refractivity contribution >= 4 is 52.3 Å². The topological polar surface area (TPSA) is 123 Å². The number of amides is 2. The minimum atomic E-state index is -0.437. The summed E-state index contributed by atoms with van der Waals surface area (Å²) in [6, 6.07) is 22.7. The summed E-state index contributed by atoms with van der Waals surface area (Å²) in [7, 11) is 0. The molecule has 5 N–H and O–H groups in total. The first-order chi connectivity index (χ1) is 19.0. The number of hydrogen-bond acceptors (Lipinski definition) is 6. The van der Waals surface area contributed by atoms with Crippen LogP contribution in [-0.4, -0.2) is 43.2 Å². The summed E-state index contributed by atoms with van der Waals surface area (Å²) < 4.78 is 11.7. The molecule has 8 nitrogen and oxygen atoms in total. The summed E-state index contributed by atoms with van der Waals surface area (Å²) in [5, 5.41) is 17.9. The Balaban J connectivity index is 0.00000441. The average molecular weight is 585 g/mol. The Labute approximate surface area is 243 Å². The number of phenolic OH excluding ortho intramolecular Hbond substituents is 1. The quantitative estimate of drug-likeness (QED) is 0.123. The van der Waals surface area contributed by atoms with E-state index in [1.54, 1.807) is 36.4 Å². The smallest absolute Gasteiger partial charge is 0.259 e. The summed E-state index contributed by atoms with van der Waals surface area (Å²) in [4.78, 5) is 25.9. The normalized spacial score (nSPS) is 10.4. The third-order valence-corrected chi connectivity index (χ3v) is 6.14. The average Bonchev–Trinajstić information content (AvgIpc) is 2.94. The number of anilines is 1. The maximum Gasteiger partial charge on any atom is 0.259 e. The van der Waals surface area contributed by atoms with Crippen LogP contribution < -0.4 is 25.8 Å². The fraction of sp³-hybridized carbons (Fsp3) is 0.200. The van der Waals surface area contributed by atoms with Crippen molar-refractivity contribution < 1.29 is 24.2 Å². The Kier molecular flexibility index (Phi) is 11.4. The van der Waals surface area contributed by atoms with Crippen molar-refractivity contribution in [3.8, 4) is 17.2 Å². The predicted molar refractivity (Wildman–Crippen MR) is 160 cm³/mol. The zero-order valence-electron chi connectivity index (χ0n) is 21.7. The van der Waals surface area contributed by atoms with Gasteiger partial charge < -0.3 is 30.9 Å². The first-order valence-corrected chi connectivity index (χ1v) is 13.0. The van der Waals surface area contributed by atoms with E-state index in [2.05, 4.69) is 10.6 Å². The number of fused-ring (bicyclic) bond motifs is 1. The maximum atomic E-state index is 13.2. The number of halogens is 2. The molecule has 0 aliphatic carbocycles. The number of carbonyl (C=O) groups excluding carboxylic acids is 2. The molecule has 0 unspecified atom stereocenters. The number of ether oxygens (including phenoxy) is 2. The Hall–Kier alpha value is -3.98. The number of nitrogens with two attached hydrogens (primary N) is 1. The van der Waals surface area contributed by atoms with Gasteiger partial charge >= 0.3 is 0 Å². The van der Waals surface area contributed by atoms with Gasteiger partial charge in [0.1, 0.15) is 17.2 Å². The van der Waals surface area contributed by atoms with Crippen LogP contribution >= 0.6 is 24.0 Å². The maximum absolute atomic E-state index is 13.2.